The normalized spacial score (nSPS) is 54.4. The number of carbonyl (C=O) groups is 2. The number of carbonyl (C=O) groups excluding carboxylic acids is 1. The highest BCUT2D eigenvalue weighted by atomic mass is 16.4. The lowest BCUT2D eigenvalue weighted by Gasteiger charge is -2.72. The molecule has 4 heteroatoms. The first-order valence-corrected chi connectivity index (χ1v) is 13.8. The zero-order valence-corrected chi connectivity index (χ0v) is 22.1. The zero-order chi connectivity index (χ0) is 24.9. The van der Waals surface area contributed by atoms with Crippen LogP contribution < -0.4 is 0 Å². The minimum atomic E-state index is -0.617. The maximum atomic E-state index is 13.0. The maximum absolute atomic E-state index is 13.0. The second-order valence-corrected chi connectivity index (χ2v) is 14.1. The number of aliphatic hydroxyl groups excluding tert-OH is 1. The molecule has 34 heavy (non-hydrogen) atoms. The van der Waals surface area contributed by atoms with Gasteiger partial charge in [0.1, 0.15) is 5.78 Å². The molecule has 0 heterocycles. The number of ketones is 1. The molecule has 0 aromatic rings. The first kappa shape index (κ1) is 24.5. The molecule has 190 valence electrons. The summed E-state index contributed by atoms with van der Waals surface area (Å²) in [6, 6.07) is 0. The van der Waals surface area contributed by atoms with E-state index in [2.05, 4.69) is 34.3 Å². The lowest BCUT2D eigenvalue weighted by Crippen LogP contribution is -2.67. The Hall–Kier alpha value is -1.16. The number of rotatable bonds is 3. The number of carboxylic acids is 1. The van der Waals surface area contributed by atoms with Gasteiger partial charge in [-0.15, -0.1) is 0 Å². The fraction of sp³-hybridized carbons (Fsp3) is 0.867. The van der Waals surface area contributed by atoms with Crippen LogP contribution in [0.1, 0.15) is 98.8 Å². The van der Waals surface area contributed by atoms with E-state index in [0.29, 0.717) is 24.2 Å². The molecule has 5 aliphatic carbocycles. The Bertz CT molecular complexity index is 925. The highest BCUT2D eigenvalue weighted by Crippen LogP contribution is 2.77. The van der Waals surface area contributed by atoms with Gasteiger partial charge >= 0.3 is 5.97 Å². The third-order valence-electron chi connectivity index (χ3n) is 13.4. The minimum Gasteiger partial charge on any atom is -0.481 e. The van der Waals surface area contributed by atoms with Crippen molar-refractivity contribution in [2.75, 3.05) is 6.61 Å². The number of aliphatic hydroxyl groups is 1. The van der Waals surface area contributed by atoms with Gasteiger partial charge in [0.2, 0.25) is 0 Å². The van der Waals surface area contributed by atoms with Crippen LogP contribution in [0, 0.1) is 56.7 Å². The molecule has 0 amide bonds. The molecule has 5 fully saturated rings. The fourth-order valence-electron chi connectivity index (χ4n) is 11.3. The molecule has 5 rings (SSSR count). The van der Waals surface area contributed by atoms with E-state index in [1.165, 1.54) is 5.57 Å². The predicted molar refractivity (Wildman–Crippen MR) is 133 cm³/mol. The Morgan fingerprint density at radius 3 is 2.26 bits per heavy atom. The molecule has 8 unspecified atom stereocenters. The molecule has 5 saturated carbocycles. The van der Waals surface area contributed by atoms with E-state index in [9.17, 15) is 19.8 Å². The SMILES string of the molecule is C=C(C)C1CCC2(C(=O)O)CC[C@]3(C)C(CCC4C5(C)CCC(=O)[C@@](C)(CO)C5CCC43C)C12. The van der Waals surface area contributed by atoms with Gasteiger partial charge in [-0.1, -0.05) is 39.8 Å². The van der Waals surface area contributed by atoms with Crippen molar-refractivity contribution in [3.05, 3.63) is 12.2 Å². The van der Waals surface area contributed by atoms with E-state index in [1.807, 2.05) is 6.92 Å². The monoisotopic (exact) mass is 470 g/mol. The number of fused-ring (bicyclic) bond motifs is 7. The third-order valence-corrected chi connectivity index (χ3v) is 13.4. The fourth-order valence-corrected chi connectivity index (χ4v) is 11.3. The first-order chi connectivity index (χ1) is 15.8. The number of allylic oxidation sites excluding steroid dienone is 1. The van der Waals surface area contributed by atoms with Crippen LogP contribution >= 0.6 is 0 Å². The Labute approximate surface area is 206 Å². The van der Waals surface area contributed by atoms with Gasteiger partial charge in [-0.05, 0) is 111 Å². The number of Topliss-reactive ketones (excluding diaryl/α,β-unsaturated/α-hetero) is 1. The number of hydrogen-bond acceptors (Lipinski definition) is 3. The van der Waals surface area contributed by atoms with Crippen molar-refractivity contribution >= 4 is 11.8 Å². The topological polar surface area (TPSA) is 74.6 Å². The molecule has 2 N–H and O–H groups in total. The molecule has 0 spiro atoms. The zero-order valence-electron chi connectivity index (χ0n) is 22.1. The Morgan fingerprint density at radius 1 is 0.941 bits per heavy atom. The summed E-state index contributed by atoms with van der Waals surface area (Å²) in [6.07, 6.45) is 9.35. The van der Waals surface area contributed by atoms with Crippen molar-refractivity contribution in [3.63, 3.8) is 0 Å². The van der Waals surface area contributed by atoms with Gasteiger partial charge in [-0.2, -0.15) is 0 Å². The summed E-state index contributed by atoms with van der Waals surface area (Å²) in [4.78, 5) is 25.7. The minimum absolute atomic E-state index is 0.0427. The number of hydrogen-bond donors (Lipinski definition) is 2. The van der Waals surface area contributed by atoms with Gasteiger partial charge in [-0.25, -0.2) is 0 Å². The highest BCUT2D eigenvalue weighted by Gasteiger charge is 2.72. The van der Waals surface area contributed by atoms with Crippen LogP contribution in [0.4, 0.5) is 0 Å². The van der Waals surface area contributed by atoms with E-state index in [-0.39, 0.29) is 40.5 Å². The summed E-state index contributed by atoms with van der Waals surface area (Å²) in [5.41, 5.74) is 0.257. The Morgan fingerprint density at radius 2 is 1.65 bits per heavy atom. The standard InChI is InChI=1S/C30H46O4/c1-18(2)19-9-14-30(25(33)34)16-15-28(5)20(24(19)30)7-8-22-26(3)12-11-23(32)27(4,17-31)21(26)10-13-29(22,28)6/h19-22,24,31H,1,7-17H2,2-6H3,(H,33,34)/t19?,20?,21?,22?,24?,26?,27-,28+,29?,30?/m0/s1. The molecule has 0 bridgehead atoms. The maximum Gasteiger partial charge on any atom is 0.309 e. The molecular formula is C30H46O4. The van der Waals surface area contributed by atoms with Gasteiger partial charge < -0.3 is 10.2 Å². The van der Waals surface area contributed by atoms with Crippen molar-refractivity contribution in [3.8, 4) is 0 Å². The van der Waals surface area contributed by atoms with Crippen molar-refractivity contribution in [2.45, 2.75) is 98.8 Å². The largest absolute Gasteiger partial charge is 0.481 e. The second kappa shape index (κ2) is 7.43. The molecule has 10 atom stereocenters. The molecule has 0 saturated heterocycles. The molecule has 0 aromatic heterocycles. The van der Waals surface area contributed by atoms with Crippen molar-refractivity contribution in [1.82, 2.24) is 0 Å². The van der Waals surface area contributed by atoms with Gasteiger partial charge in [0.25, 0.3) is 0 Å². The lowest BCUT2D eigenvalue weighted by atomic mass is 9.32. The summed E-state index contributed by atoms with van der Waals surface area (Å²) in [5, 5.41) is 20.8. The highest BCUT2D eigenvalue weighted by molar-refractivity contribution is 5.86. The van der Waals surface area contributed by atoms with Crippen LogP contribution in [0.15, 0.2) is 12.2 Å². The van der Waals surface area contributed by atoms with Gasteiger partial charge in [0.15, 0.2) is 0 Å². The van der Waals surface area contributed by atoms with Gasteiger partial charge in [-0.3, -0.25) is 9.59 Å². The predicted octanol–water partition coefficient (Wildman–Crippen LogP) is 6.27. The summed E-state index contributed by atoms with van der Waals surface area (Å²) in [6.45, 7) is 15.9. The van der Waals surface area contributed by atoms with Crippen LogP contribution in [0.5, 0.6) is 0 Å². The summed E-state index contributed by atoms with van der Waals surface area (Å²) < 4.78 is 0. The quantitative estimate of drug-likeness (QED) is 0.477. The van der Waals surface area contributed by atoms with Crippen LogP contribution in [-0.2, 0) is 9.59 Å². The van der Waals surface area contributed by atoms with E-state index >= 15 is 0 Å². The van der Waals surface area contributed by atoms with E-state index in [1.54, 1.807) is 0 Å². The van der Waals surface area contributed by atoms with Crippen molar-refractivity contribution in [1.29, 1.82) is 0 Å². The van der Waals surface area contributed by atoms with E-state index in [4.69, 9.17) is 0 Å². The van der Waals surface area contributed by atoms with Crippen LogP contribution in [-0.4, -0.2) is 28.6 Å². The molecule has 0 aromatic carbocycles. The Balaban J connectivity index is 1.57. The average Bonchev–Trinajstić information content (AvgIpc) is 3.18. The van der Waals surface area contributed by atoms with Crippen LogP contribution in [0.25, 0.3) is 0 Å². The molecular weight excluding hydrogens is 424 g/mol. The summed E-state index contributed by atoms with van der Waals surface area (Å²) in [7, 11) is 0. The molecule has 0 radical (unpaired) electrons. The Kier molecular flexibility index (Phi) is 5.36. The van der Waals surface area contributed by atoms with E-state index in [0.717, 1.165) is 57.8 Å². The molecule has 0 aliphatic heterocycles. The van der Waals surface area contributed by atoms with Crippen molar-refractivity contribution < 1.29 is 19.8 Å². The average molecular weight is 471 g/mol. The number of aliphatic carboxylic acids is 1. The van der Waals surface area contributed by atoms with Crippen LogP contribution in [0.3, 0.4) is 0 Å². The van der Waals surface area contributed by atoms with Crippen LogP contribution in [0.2, 0.25) is 0 Å². The van der Waals surface area contributed by atoms with E-state index < -0.39 is 16.8 Å². The summed E-state index contributed by atoms with van der Waals surface area (Å²) in [5.74, 6) is 1.35. The molecule has 4 nitrogen and oxygen atoms in total. The number of carboxylic acid groups (broad SMARTS) is 1. The second-order valence-electron chi connectivity index (χ2n) is 14.1. The third kappa shape index (κ3) is 2.70. The van der Waals surface area contributed by atoms with Gasteiger partial charge in [0.05, 0.1) is 17.4 Å². The lowest BCUT2D eigenvalue weighted by molar-refractivity contribution is -0.238. The van der Waals surface area contributed by atoms with Crippen molar-refractivity contribution in [2.24, 2.45) is 56.7 Å². The first-order valence-electron chi connectivity index (χ1n) is 13.8. The summed E-state index contributed by atoms with van der Waals surface area (Å²) >= 11 is 0. The van der Waals surface area contributed by atoms with Gasteiger partial charge in [0, 0.05) is 6.42 Å². The molecule has 5 aliphatic rings. The smallest absolute Gasteiger partial charge is 0.309 e.